The van der Waals surface area contributed by atoms with Gasteiger partial charge in [0, 0.05) is 40.3 Å². The molecule has 7 rings (SSSR count). The van der Waals surface area contributed by atoms with Gasteiger partial charge in [-0.3, -0.25) is 9.59 Å². The second kappa shape index (κ2) is 13.2. The summed E-state index contributed by atoms with van der Waals surface area (Å²) in [5.74, 6) is -0.314. The minimum Gasteiger partial charge on any atom is -0.466 e. The number of fused-ring (bicyclic) bond motifs is 5. The first-order valence-corrected chi connectivity index (χ1v) is 17.2. The number of esters is 1. The molecule has 7 nitrogen and oxygen atoms in total. The van der Waals surface area contributed by atoms with E-state index in [1.54, 1.807) is 18.2 Å². The van der Waals surface area contributed by atoms with Crippen LogP contribution in [0.15, 0.2) is 72.8 Å². The fraction of sp³-hybridized carbons (Fsp3) is 0.375. The van der Waals surface area contributed by atoms with Gasteiger partial charge in [0.1, 0.15) is 5.54 Å². The van der Waals surface area contributed by atoms with Gasteiger partial charge in [0.05, 0.1) is 12.8 Å². The van der Waals surface area contributed by atoms with E-state index in [0.29, 0.717) is 30.0 Å². The molecule has 2 aliphatic carbocycles. The van der Waals surface area contributed by atoms with Crippen molar-refractivity contribution in [2.75, 3.05) is 12.4 Å². The summed E-state index contributed by atoms with van der Waals surface area (Å²) in [6, 6.07) is 22.3. The summed E-state index contributed by atoms with van der Waals surface area (Å²) in [5, 5.41) is 7.50. The van der Waals surface area contributed by atoms with Crippen molar-refractivity contribution in [3.05, 3.63) is 95.1 Å². The Labute approximate surface area is 276 Å². The largest absolute Gasteiger partial charge is 0.466 e. The van der Waals surface area contributed by atoms with E-state index in [4.69, 9.17) is 0 Å². The molecule has 242 valence electrons. The summed E-state index contributed by atoms with van der Waals surface area (Å²) in [6.45, 7) is 0.919. The lowest BCUT2D eigenvalue weighted by Crippen LogP contribution is -2.55. The third kappa shape index (κ3) is 6.11. The Balaban J connectivity index is 1.18. The number of hydrogen-bond donors (Lipinski definition) is 2. The van der Waals surface area contributed by atoms with E-state index in [1.165, 1.54) is 73.1 Å². The van der Waals surface area contributed by atoms with Crippen LogP contribution in [0, 0.1) is 0 Å². The molecule has 0 atom stereocenters. The van der Waals surface area contributed by atoms with E-state index >= 15 is 0 Å². The first-order valence-electron chi connectivity index (χ1n) is 17.2. The fourth-order valence-electron chi connectivity index (χ4n) is 8.08. The molecule has 2 heterocycles. The minimum atomic E-state index is -0.974. The highest BCUT2D eigenvalue weighted by Gasteiger charge is 2.43. The summed E-state index contributed by atoms with van der Waals surface area (Å²) in [7, 11) is 1.34. The second-order valence-electron chi connectivity index (χ2n) is 13.4. The number of carbonyl (C=O) groups is 3. The maximum Gasteiger partial charge on any atom is 0.330 e. The second-order valence-corrected chi connectivity index (χ2v) is 13.4. The van der Waals surface area contributed by atoms with Crippen LogP contribution in [0.5, 0.6) is 0 Å². The van der Waals surface area contributed by atoms with Crippen LogP contribution in [0.25, 0.3) is 28.2 Å². The molecule has 3 aromatic carbocycles. The van der Waals surface area contributed by atoms with Crippen LogP contribution in [0.1, 0.15) is 97.2 Å². The Morgan fingerprint density at radius 3 is 2.43 bits per heavy atom. The van der Waals surface area contributed by atoms with Crippen molar-refractivity contribution in [2.24, 2.45) is 0 Å². The average Bonchev–Trinajstić information content (AvgIpc) is 3.66. The van der Waals surface area contributed by atoms with Crippen LogP contribution in [0.4, 0.5) is 5.69 Å². The molecule has 47 heavy (non-hydrogen) atoms. The SMILES string of the molecule is COC(=O)/C=C/c1ccc(NC(=O)C2(NC(=O)c3ccc4c(C5CCCCC5)c5n(c4c3)CCCc3ccccc3-5)CCCC2)cc1. The molecule has 2 fully saturated rings. The van der Waals surface area contributed by atoms with Gasteiger partial charge in [0.25, 0.3) is 5.91 Å². The Bertz CT molecular complexity index is 1840. The highest BCUT2D eigenvalue weighted by molar-refractivity contribution is 6.06. The van der Waals surface area contributed by atoms with Gasteiger partial charge in [-0.05, 0) is 91.5 Å². The van der Waals surface area contributed by atoms with Gasteiger partial charge < -0.3 is 19.9 Å². The number of anilines is 1. The monoisotopic (exact) mass is 629 g/mol. The number of aryl methyl sites for hydroxylation is 2. The summed E-state index contributed by atoms with van der Waals surface area (Å²) in [6.07, 6.45) is 14.3. The van der Waals surface area contributed by atoms with Crippen LogP contribution < -0.4 is 10.6 Å². The third-order valence-electron chi connectivity index (χ3n) is 10.5. The summed E-state index contributed by atoms with van der Waals surface area (Å²) < 4.78 is 7.13. The minimum absolute atomic E-state index is 0.199. The van der Waals surface area contributed by atoms with Crippen molar-refractivity contribution >= 4 is 40.4 Å². The lowest BCUT2D eigenvalue weighted by atomic mass is 9.81. The fourth-order valence-corrected chi connectivity index (χ4v) is 8.08. The lowest BCUT2D eigenvalue weighted by molar-refractivity contribution is -0.134. The summed E-state index contributed by atoms with van der Waals surface area (Å²) >= 11 is 0. The van der Waals surface area contributed by atoms with Crippen LogP contribution in [-0.2, 0) is 27.3 Å². The van der Waals surface area contributed by atoms with E-state index < -0.39 is 11.5 Å². The van der Waals surface area contributed by atoms with Gasteiger partial charge in [-0.1, -0.05) is 74.6 Å². The quantitative estimate of drug-likeness (QED) is 0.159. The zero-order valence-electron chi connectivity index (χ0n) is 27.1. The molecule has 0 saturated heterocycles. The molecule has 1 aromatic heterocycles. The summed E-state index contributed by atoms with van der Waals surface area (Å²) in [4.78, 5) is 39.2. The molecule has 4 aromatic rings. The molecular weight excluding hydrogens is 586 g/mol. The molecule has 0 radical (unpaired) electrons. The molecule has 1 aliphatic heterocycles. The molecule has 0 unspecified atom stereocenters. The Kier molecular flexibility index (Phi) is 8.72. The van der Waals surface area contributed by atoms with E-state index in [2.05, 4.69) is 56.3 Å². The topological polar surface area (TPSA) is 89.4 Å². The van der Waals surface area contributed by atoms with Gasteiger partial charge in [-0.25, -0.2) is 4.79 Å². The first-order chi connectivity index (χ1) is 23.0. The predicted octanol–water partition coefficient (Wildman–Crippen LogP) is 8.17. The van der Waals surface area contributed by atoms with Crippen LogP contribution in [0.2, 0.25) is 0 Å². The molecule has 0 bridgehead atoms. The normalized spacial score (nSPS) is 17.6. The average molecular weight is 630 g/mol. The van der Waals surface area contributed by atoms with Crippen molar-refractivity contribution < 1.29 is 19.1 Å². The molecule has 3 aliphatic rings. The number of aromatic nitrogens is 1. The predicted molar refractivity (Wildman–Crippen MR) is 186 cm³/mol. The van der Waals surface area contributed by atoms with E-state index in [-0.39, 0.29) is 11.8 Å². The van der Waals surface area contributed by atoms with E-state index in [0.717, 1.165) is 43.3 Å². The van der Waals surface area contributed by atoms with E-state index in [1.807, 2.05) is 18.2 Å². The summed E-state index contributed by atoms with van der Waals surface area (Å²) in [5.41, 5.74) is 7.73. The molecular formula is C40H43N3O4. The molecule has 0 spiro atoms. The zero-order valence-corrected chi connectivity index (χ0v) is 27.1. The highest BCUT2D eigenvalue weighted by Crippen LogP contribution is 2.46. The van der Waals surface area contributed by atoms with Gasteiger partial charge >= 0.3 is 5.97 Å². The van der Waals surface area contributed by atoms with Crippen LogP contribution in [-0.4, -0.2) is 35.0 Å². The van der Waals surface area contributed by atoms with Crippen LogP contribution >= 0.6 is 0 Å². The molecule has 7 heteroatoms. The maximum atomic E-state index is 14.0. The van der Waals surface area contributed by atoms with Gasteiger partial charge in [-0.2, -0.15) is 0 Å². The van der Waals surface area contributed by atoms with Crippen molar-refractivity contribution in [2.45, 2.75) is 88.6 Å². The molecule has 2 N–H and O–H groups in total. The zero-order chi connectivity index (χ0) is 32.4. The standard InChI is InChI=1S/C40H43N3O4/c1-47-35(44)22-17-27-15-19-31(20-16-27)41-39(46)40(23-7-8-24-40)42-38(45)30-18-21-33-34(26-30)43-25-9-13-28-10-5-6-14-32(28)37(43)36(33)29-11-3-2-4-12-29/h5-6,10,14-22,26,29H,2-4,7-9,11-13,23-25H2,1H3,(H,41,46)(H,42,45)/b22-17+. The molecule has 2 amide bonds. The highest BCUT2D eigenvalue weighted by atomic mass is 16.5. The Morgan fingerprint density at radius 1 is 0.894 bits per heavy atom. The third-order valence-corrected chi connectivity index (χ3v) is 10.5. The van der Waals surface area contributed by atoms with Crippen molar-refractivity contribution in [1.29, 1.82) is 0 Å². The van der Waals surface area contributed by atoms with Crippen molar-refractivity contribution in [1.82, 2.24) is 9.88 Å². The number of carbonyl (C=O) groups excluding carboxylic acids is 3. The number of nitrogens with one attached hydrogen (secondary N) is 2. The van der Waals surface area contributed by atoms with Gasteiger partial charge in [-0.15, -0.1) is 0 Å². The number of hydrogen-bond acceptors (Lipinski definition) is 4. The lowest BCUT2D eigenvalue weighted by Gasteiger charge is -2.29. The number of benzene rings is 3. The number of amides is 2. The van der Waals surface area contributed by atoms with Crippen molar-refractivity contribution in [3.63, 3.8) is 0 Å². The van der Waals surface area contributed by atoms with E-state index in [9.17, 15) is 14.4 Å². The Morgan fingerprint density at radius 2 is 1.66 bits per heavy atom. The molecule has 2 saturated carbocycles. The first kappa shape index (κ1) is 31.0. The smallest absolute Gasteiger partial charge is 0.330 e. The maximum absolute atomic E-state index is 14.0. The number of ether oxygens (including phenoxy) is 1. The number of nitrogens with zero attached hydrogens (tertiary/aromatic N) is 1. The number of methoxy groups -OCH3 is 1. The van der Waals surface area contributed by atoms with Gasteiger partial charge in [0.2, 0.25) is 5.91 Å². The van der Waals surface area contributed by atoms with Crippen LogP contribution in [0.3, 0.4) is 0 Å². The van der Waals surface area contributed by atoms with Crippen molar-refractivity contribution in [3.8, 4) is 11.3 Å². The Hall–Kier alpha value is -4.65. The van der Waals surface area contributed by atoms with Gasteiger partial charge in [0.15, 0.2) is 0 Å². The number of rotatable bonds is 7.